The molecule has 0 rings (SSSR count). The first-order valence-corrected chi connectivity index (χ1v) is 1.66. The van der Waals surface area contributed by atoms with Crippen molar-refractivity contribution in [1.29, 1.82) is 0 Å². The van der Waals surface area contributed by atoms with Crippen LogP contribution in [0.5, 0.6) is 0 Å². The van der Waals surface area contributed by atoms with Gasteiger partial charge in [-0.2, -0.15) is 12.6 Å². The van der Waals surface area contributed by atoms with E-state index in [-0.39, 0.29) is 43.2 Å². The van der Waals surface area contributed by atoms with Crippen molar-refractivity contribution in [3.63, 3.8) is 0 Å². The third kappa shape index (κ3) is 28.8. The van der Waals surface area contributed by atoms with Gasteiger partial charge in [0.25, 0.3) is 0 Å². The molecule has 0 spiro atoms. The average molecular weight is 122 g/mol. The molecule has 0 aromatic carbocycles. The van der Waals surface area contributed by atoms with E-state index < -0.39 is 0 Å². The molecule has 0 aromatic rings. The van der Waals surface area contributed by atoms with Crippen molar-refractivity contribution in [3.05, 3.63) is 0 Å². The van der Waals surface area contributed by atoms with Crippen molar-refractivity contribution in [3.8, 4) is 0 Å². The molecular weight excluding hydrogens is 112 g/mol. The van der Waals surface area contributed by atoms with E-state index in [1.54, 1.807) is 0 Å². The van der Waals surface area contributed by atoms with Gasteiger partial charge in [0.15, 0.2) is 0 Å². The summed E-state index contributed by atoms with van der Waals surface area (Å²) < 4.78 is 0. The number of rotatable bonds is 0. The van der Waals surface area contributed by atoms with E-state index >= 15 is 0 Å². The molecule has 0 bridgehead atoms. The third-order valence-corrected chi connectivity index (χ3v) is 0. The summed E-state index contributed by atoms with van der Waals surface area (Å²) in [6.07, 6.45) is 0. The van der Waals surface area contributed by atoms with Crippen LogP contribution >= 0.6 is 12.6 Å². The van der Waals surface area contributed by atoms with Gasteiger partial charge in [-0.05, 0) is 5.75 Å². The summed E-state index contributed by atoms with van der Waals surface area (Å²) in [7, 11) is 0. The second-order valence-corrected chi connectivity index (χ2v) is 0.949. The van der Waals surface area contributed by atoms with Crippen LogP contribution in [-0.4, -0.2) is 49.0 Å². The summed E-state index contributed by atoms with van der Waals surface area (Å²) in [5, 5.41) is 0. The Morgan fingerprint density at radius 3 is 1.60 bits per heavy atom. The van der Waals surface area contributed by atoms with Crippen LogP contribution in [0.3, 0.4) is 0 Å². The Labute approximate surface area is 67.9 Å². The fraction of sp³-hybridized carbons (Fsp3) is 1.00. The molecule has 0 saturated carbocycles. The van der Waals surface area contributed by atoms with Crippen LogP contribution in [0.4, 0.5) is 0 Å². The van der Waals surface area contributed by atoms with Crippen LogP contribution in [0.25, 0.3) is 0 Å². The molecule has 5 heavy (non-hydrogen) atoms. The average Bonchev–Trinajstić information content (AvgIpc) is 0.918. The van der Waals surface area contributed by atoms with Gasteiger partial charge < -0.3 is 5.48 Å². The van der Waals surface area contributed by atoms with Gasteiger partial charge in [-0.15, -0.1) is 0 Å². The molecule has 0 saturated heterocycles. The Morgan fingerprint density at radius 2 is 1.60 bits per heavy atom. The Kier molecular flexibility index (Phi) is 56.3. The van der Waals surface area contributed by atoms with Gasteiger partial charge in [-0.3, -0.25) is 0 Å². The van der Waals surface area contributed by atoms with E-state index in [0.717, 1.165) is 5.75 Å². The molecule has 0 amide bonds. The second kappa shape index (κ2) is 17.6. The number of hydrogen-bond acceptors (Lipinski definition) is 1. The molecule has 0 radical (unpaired) electrons. The van der Waals surface area contributed by atoms with Crippen LogP contribution in [0.15, 0.2) is 0 Å². The summed E-state index contributed by atoms with van der Waals surface area (Å²) in [5.74, 6) is 0.944. The topological polar surface area (TPSA) is 31.5 Å². The van der Waals surface area contributed by atoms with Gasteiger partial charge in [-0.1, -0.05) is 6.92 Å². The first-order valence-electron chi connectivity index (χ1n) is 1.02. The van der Waals surface area contributed by atoms with Crippen molar-refractivity contribution in [1.82, 2.24) is 0 Å². The quantitative estimate of drug-likeness (QED) is 0.322. The third-order valence-electron chi connectivity index (χ3n) is 0. The Balaban J connectivity index is -0.0000000200. The predicted octanol–water partition coefficient (Wildman–Crippen LogP) is -0.805. The fourth-order valence-corrected chi connectivity index (χ4v) is 0. The standard InChI is InChI=1S/C2H6S.Ca.H2O.2H/c1-2-3;;;;/h3H,2H2,1H3;;1H2;;. The van der Waals surface area contributed by atoms with E-state index in [1.165, 1.54) is 0 Å². The monoisotopic (exact) mass is 122 g/mol. The molecular formula is C2H10CaOS. The van der Waals surface area contributed by atoms with Crippen molar-refractivity contribution < 1.29 is 5.48 Å². The molecule has 0 fully saturated rings. The summed E-state index contributed by atoms with van der Waals surface area (Å²) >= 11 is 3.79. The fourth-order valence-electron chi connectivity index (χ4n) is 0. The van der Waals surface area contributed by atoms with Gasteiger partial charge in [0.1, 0.15) is 0 Å². The second-order valence-electron chi connectivity index (χ2n) is 0.316. The van der Waals surface area contributed by atoms with Crippen molar-refractivity contribution >= 4 is 50.4 Å². The Morgan fingerprint density at radius 1 is 1.60 bits per heavy atom. The molecule has 0 aliphatic carbocycles. The number of hydrogen-bond donors (Lipinski definition) is 1. The van der Waals surface area contributed by atoms with E-state index in [0.29, 0.717) is 0 Å². The molecule has 32 valence electrons. The van der Waals surface area contributed by atoms with Crippen LogP contribution in [0, 0.1) is 0 Å². The Bertz CT molecular complexity index is 9.61. The van der Waals surface area contributed by atoms with E-state index in [9.17, 15) is 0 Å². The summed E-state index contributed by atoms with van der Waals surface area (Å²) in [4.78, 5) is 0. The van der Waals surface area contributed by atoms with Crippen molar-refractivity contribution in [2.45, 2.75) is 6.92 Å². The minimum atomic E-state index is 0. The molecule has 0 unspecified atom stereocenters. The maximum absolute atomic E-state index is 3.79. The van der Waals surface area contributed by atoms with Gasteiger partial charge in [0.2, 0.25) is 0 Å². The normalized spacial score (nSPS) is 3.60. The van der Waals surface area contributed by atoms with Crippen LogP contribution < -0.4 is 0 Å². The summed E-state index contributed by atoms with van der Waals surface area (Å²) in [6, 6.07) is 0. The summed E-state index contributed by atoms with van der Waals surface area (Å²) in [6.45, 7) is 1.99. The van der Waals surface area contributed by atoms with Gasteiger partial charge in [-0.25, -0.2) is 0 Å². The number of thiol groups is 1. The summed E-state index contributed by atoms with van der Waals surface area (Å²) in [5.41, 5.74) is 0. The van der Waals surface area contributed by atoms with E-state index in [4.69, 9.17) is 0 Å². The maximum atomic E-state index is 3.79. The zero-order chi connectivity index (χ0) is 2.71. The van der Waals surface area contributed by atoms with E-state index in [1.807, 2.05) is 6.92 Å². The molecule has 1 nitrogen and oxygen atoms in total. The van der Waals surface area contributed by atoms with Crippen molar-refractivity contribution in [2.75, 3.05) is 5.75 Å². The SMILES string of the molecule is CCS.O.[CaH2]. The zero-order valence-electron chi connectivity index (χ0n) is 2.65. The molecule has 0 aliphatic rings. The minimum absolute atomic E-state index is 0. The molecule has 0 atom stereocenters. The van der Waals surface area contributed by atoms with Gasteiger partial charge in [0, 0.05) is 0 Å². The molecule has 0 aliphatic heterocycles. The van der Waals surface area contributed by atoms with Crippen LogP contribution in [0.2, 0.25) is 0 Å². The Hall–Kier alpha value is 1.57. The molecule has 0 aromatic heterocycles. The van der Waals surface area contributed by atoms with Crippen molar-refractivity contribution in [2.24, 2.45) is 0 Å². The predicted molar refractivity (Wildman–Crippen MR) is 31.7 cm³/mol. The molecule has 2 N–H and O–H groups in total. The first kappa shape index (κ1) is 16.0. The van der Waals surface area contributed by atoms with Gasteiger partial charge in [0.05, 0.1) is 0 Å². The van der Waals surface area contributed by atoms with E-state index in [2.05, 4.69) is 12.6 Å². The molecule has 0 heterocycles. The zero-order valence-corrected chi connectivity index (χ0v) is 3.55. The first-order chi connectivity index (χ1) is 1.41. The van der Waals surface area contributed by atoms with Gasteiger partial charge >= 0.3 is 37.7 Å². The molecule has 3 heteroatoms. The van der Waals surface area contributed by atoms with Crippen LogP contribution in [0.1, 0.15) is 6.92 Å². The van der Waals surface area contributed by atoms with Crippen LogP contribution in [-0.2, 0) is 0 Å².